The molecule has 1 aliphatic heterocycles. The molecule has 1 aromatic heterocycles. The van der Waals surface area contributed by atoms with Crippen molar-refractivity contribution < 1.29 is 36.2 Å². The van der Waals surface area contributed by atoms with Gasteiger partial charge in [-0.25, -0.2) is 27.0 Å². The first kappa shape index (κ1) is 22.9. The summed E-state index contributed by atoms with van der Waals surface area (Å²) in [4.78, 5) is 16.3. The monoisotopic (exact) mass is 540 g/mol. The quantitative estimate of drug-likeness (QED) is 0.484. The van der Waals surface area contributed by atoms with Crippen molar-refractivity contribution in [3.63, 3.8) is 0 Å². The summed E-state index contributed by atoms with van der Waals surface area (Å²) in [7, 11) is -1.87. The molecule has 0 amide bonds. The minimum Gasteiger partial charge on any atom is -0.494 e. The second-order valence-corrected chi connectivity index (χ2v) is 9.37. The molecule has 0 spiro atoms. The van der Waals surface area contributed by atoms with Gasteiger partial charge in [0.15, 0.2) is 5.75 Å². The third-order valence-electron chi connectivity index (χ3n) is 4.86. The molecule has 4 bridgehead atoms. The molecule has 0 saturated carbocycles. The number of rotatable bonds is 2. The Hall–Kier alpha value is -3.25. The van der Waals surface area contributed by atoms with E-state index < -0.39 is 38.2 Å². The molecule has 0 saturated heterocycles. The number of carbonyl (C=O) groups is 1. The third kappa shape index (κ3) is 4.23. The Morgan fingerprint density at radius 2 is 1.82 bits per heavy atom. The fourth-order valence-corrected chi connectivity index (χ4v) is 5.32. The van der Waals surface area contributed by atoms with Crippen molar-refractivity contribution in [2.45, 2.75) is 11.5 Å². The van der Waals surface area contributed by atoms with Crippen molar-refractivity contribution in [2.75, 3.05) is 18.9 Å². The summed E-state index contributed by atoms with van der Waals surface area (Å²) >= 11 is 3.18. The number of carbonyl (C=O) groups excluding carboxylic acids is 1. The molecular formula is C21H15BrF2N2O6S. The van der Waals surface area contributed by atoms with Crippen molar-refractivity contribution in [1.29, 1.82) is 0 Å². The zero-order chi connectivity index (χ0) is 23.9. The van der Waals surface area contributed by atoms with Crippen LogP contribution >= 0.6 is 15.9 Å². The second kappa shape index (κ2) is 8.60. The van der Waals surface area contributed by atoms with Gasteiger partial charge in [-0.3, -0.25) is 4.72 Å². The van der Waals surface area contributed by atoms with Crippen LogP contribution in [0.1, 0.15) is 15.9 Å². The van der Waals surface area contributed by atoms with E-state index in [0.717, 1.165) is 12.1 Å². The van der Waals surface area contributed by atoms with Crippen molar-refractivity contribution in [3.8, 4) is 22.8 Å². The van der Waals surface area contributed by atoms with Gasteiger partial charge in [0.05, 0.1) is 29.9 Å². The van der Waals surface area contributed by atoms with E-state index in [-0.39, 0.29) is 39.4 Å². The SMILES string of the molecule is COc1cc2c(cn1)-c1cc(c(F)cc1F)NS(=O)(=O)c1cc(cc(Br)c1OC)C(=O)OC2. The summed E-state index contributed by atoms with van der Waals surface area (Å²) in [5, 5.41) is 0. The Labute approximate surface area is 195 Å². The molecule has 2 aromatic carbocycles. The Bertz CT molecular complexity index is 1400. The number of sulfonamides is 1. The van der Waals surface area contributed by atoms with Crippen LogP contribution in [0.2, 0.25) is 0 Å². The molecule has 8 nitrogen and oxygen atoms in total. The molecule has 0 radical (unpaired) electrons. The van der Waals surface area contributed by atoms with E-state index in [1.165, 1.54) is 32.5 Å². The number of benzene rings is 2. The van der Waals surface area contributed by atoms with Gasteiger partial charge in [0, 0.05) is 35.0 Å². The van der Waals surface area contributed by atoms with Crippen LogP contribution in [-0.4, -0.2) is 33.6 Å². The van der Waals surface area contributed by atoms with Crippen LogP contribution in [0.3, 0.4) is 0 Å². The van der Waals surface area contributed by atoms with Gasteiger partial charge in [0.25, 0.3) is 10.0 Å². The molecule has 0 atom stereocenters. The van der Waals surface area contributed by atoms with Gasteiger partial charge in [-0.05, 0) is 34.1 Å². The fourth-order valence-electron chi connectivity index (χ4n) is 3.29. The first-order chi connectivity index (χ1) is 15.6. The van der Waals surface area contributed by atoms with Gasteiger partial charge < -0.3 is 14.2 Å². The molecule has 3 aromatic rings. The van der Waals surface area contributed by atoms with Crippen LogP contribution in [0.4, 0.5) is 14.5 Å². The predicted molar refractivity (Wildman–Crippen MR) is 117 cm³/mol. The Morgan fingerprint density at radius 3 is 2.52 bits per heavy atom. The van der Waals surface area contributed by atoms with Crippen LogP contribution < -0.4 is 14.2 Å². The standard InChI is InChI=1S/C21H15BrF2N2O6S/c1-30-19-5-11-9-32-21(27)10-3-14(22)20(31-2)18(4-10)33(28,29)26-17-6-12(13(11)8-25-19)15(23)7-16(17)24/h3-8,26H,9H2,1-2H3. The van der Waals surface area contributed by atoms with Gasteiger partial charge in [0.2, 0.25) is 5.88 Å². The molecule has 1 N–H and O–H groups in total. The highest BCUT2D eigenvalue weighted by Crippen LogP contribution is 2.37. The normalized spacial score (nSPS) is 14.5. The van der Waals surface area contributed by atoms with Gasteiger partial charge in [-0.1, -0.05) is 0 Å². The summed E-state index contributed by atoms with van der Waals surface area (Å²) in [5.74, 6) is -2.90. The number of methoxy groups -OCH3 is 2. The van der Waals surface area contributed by atoms with Crippen LogP contribution in [0, 0.1) is 11.6 Å². The number of fused-ring (bicyclic) bond motifs is 6. The number of nitrogens with one attached hydrogen (secondary N) is 1. The number of nitrogens with zero attached hydrogens (tertiary/aromatic N) is 1. The van der Waals surface area contributed by atoms with Crippen LogP contribution in [0.25, 0.3) is 11.1 Å². The number of esters is 1. The smallest absolute Gasteiger partial charge is 0.338 e. The lowest BCUT2D eigenvalue weighted by atomic mass is 10.0. The first-order valence-corrected chi connectivity index (χ1v) is 11.5. The third-order valence-corrected chi connectivity index (χ3v) is 6.82. The average Bonchev–Trinajstić information content (AvgIpc) is 2.78. The molecule has 12 heteroatoms. The van der Waals surface area contributed by atoms with E-state index in [4.69, 9.17) is 14.2 Å². The summed E-state index contributed by atoms with van der Waals surface area (Å²) in [6, 6.07) is 5.36. The lowest BCUT2D eigenvalue weighted by Gasteiger charge is -2.15. The van der Waals surface area contributed by atoms with E-state index in [1.807, 2.05) is 0 Å². The number of pyridine rings is 1. The molecular weight excluding hydrogens is 526 g/mol. The summed E-state index contributed by atoms with van der Waals surface area (Å²) < 4.78 is 73.5. The molecule has 172 valence electrons. The summed E-state index contributed by atoms with van der Waals surface area (Å²) in [6.45, 7) is -0.321. The number of hydrogen-bond acceptors (Lipinski definition) is 7. The Balaban J connectivity index is 2.01. The number of aromatic nitrogens is 1. The van der Waals surface area contributed by atoms with Gasteiger partial charge in [0.1, 0.15) is 23.1 Å². The molecule has 1 aliphatic rings. The minimum atomic E-state index is -4.48. The maximum atomic E-state index is 14.7. The lowest BCUT2D eigenvalue weighted by molar-refractivity contribution is 0.0472. The van der Waals surface area contributed by atoms with E-state index in [0.29, 0.717) is 11.6 Å². The number of ether oxygens (including phenoxy) is 3. The van der Waals surface area contributed by atoms with E-state index >= 15 is 0 Å². The van der Waals surface area contributed by atoms with Crippen molar-refractivity contribution in [2.24, 2.45) is 0 Å². The highest BCUT2D eigenvalue weighted by molar-refractivity contribution is 9.10. The zero-order valence-corrected chi connectivity index (χ0v) is 19.5. The zero-order valence-electron chi connectivity index (χ0n) is 17.1. The fraction of sp³-hybridized carbons (Fsp3) is 0.143. The molecule has 0 fully saturated rings. The summed E-state index contributed by atoms with van der Waals surface area (Å²) in [6.07, 6.45) is 1.26. The predicted octanol–water partition coefficient (Wildman–Crippen LogP) is 4.28. The average molecular weight is 541 g/mol. The number of cyclic esters (lactones) is 1. The lowest BCUT2D eigenvalue weighted by Crippen LogP contribution is -2.16. The molecule has 33 heavy (non-hydrogen) atoms. The van der Waals surface area contributed by atoms with Gasteiger partial charge in [-0.15, -0.1) is 0 Å². The van der Waals surface area contributed by atoms with Crippen molar-refractivity contribution in [1.82, 2.24) is 4.98 Å². The highest BCUT2D eigenvalue weighted by atomic mass is 79.9. The Kier molecular flexibility index (Phi) is 5.97. The molecule has 2 heterocycles. The van der Waals surface area contributed by atoms with Crippen molar-refractivity contribution >= 4 is 37.6 Å². The van der Waals surface area contributed by atoms with Crippen LogP contribution in [0.5, 0.6) is 11.6 Å². The largest absolute Gasteiger partial charge is 0.494 e. The van der Waals surface area contributed by atoms with E-state index in [9.17, 15) is 22.0 Å². The number of halogens is 3. The minimum absolute atomic E-state index is 0.108. The molecule has 4 rings (SSSR count). The molecule has 0 unspecified atom stereocenters. The van der Waals surface area contributed by atoms with Crippen LogP contribution in [-0.2, 0) is 21.4 Å². The van der Waals surface area contributed by atoms with Gasteiger partial charge in [-0.2, -0.15) is 0 Å². The topological polar surface area (TPSA) is 104 Å². The Morgan fingerprint density at radius 1 is 1.06 bits per heavy atom. The highest BCUT2D eigenvalue weighted by Gasteiger charge is 2.28. The number of anilines is 1. The van der Waals surface area contributed by atoms with Crippen molar-refractivity contribution in [3.05, 3.63) is 63.8 Å². The van der Waals surface area contributed by atoms with Gasteiger partial charge >= 0.3 is 5.97 Å². The second-order valence-electron chi connectivity index (χ2n) is 6.87. The number of hydrogen-bond donors (Lipinski definition) is 1. The van der Waals surface area contributed by atoms with E-state index in [2.05, 4.69) is 25.6 Å². The maximum Gasteiger partial charge on any atom is 0.338 e. The van der Waals surface area contributed by atoms with E-state index in [1.54, 1.807) is 0 Å². The first-order valence-electron chi connectivity index (χ1n) is 9.24. The summed E-state index contributed by atoms with van der Waals surface area (Å²) in [5.41, 5.74) is -0.311. The maximum absolute atomic E-state index is 14.7. The molecule has 0 aliphatic carbocycles. The van der Waals surface area contributed by atoms with Crippen LogP contribution in [0.15, 0.2) is 45.9 Å².